The van der Waals surface area contributed by atoms with E-state index in [1.165, 1.54) is 27.7 Å². The Morgan fingerprint density at radius 2 is 1.39 bits per heavy atom. The fourth-order valence-electron chi connectivity index (χ4n) is 4.58. The standard InChI is InChI=1S/C23H37N3O9S/c1-12(27)31-11-18-19(32-13(2)28)20(33-14(3)29)21(34-15(4)30)22(35-18)25-23(36)24-16-9-7-8-10-17(16)26(5)6/h16-22H,7-11H2,1-6H3,(H2,24,25,36)/t16-,17-,18?,19-,20?,21?,22-/m1/s1. The van der Waals surface area contributed by atoms with Crippen molar-refractivity contribution < 1.29 is 42.9 Å². The maximum absolute atomic E-state index is 12.0. The van der Waals surface area contributed by atoms with Crippen molar-refractivity contribution in [2.45, 2.75) is 96.1 Å². The molecule has 0 amide bonds. The lowest BCUT2D eigenvalue weighted by molar-refractivity contribution is -0.255. The van der Waals surface area contributed by atoms with Crippen molar-refractivity contribution >= 4 is 41.2 Å². The molecule has 12 nitrogen and oxygen atoms in total. The van der Waals surface area contributed by atoms with E-state index in [4.69, 9.17) is 35.9 Å². The number of carbonyl (C=O) groups is 4. The molecule has 1 aliphatic heterocycles. The largest absolute Gasteiger partial charge is 0.463 e. The summed E-state index contributed by atoms with van der Waals surface area (Å²) in [5.41, 5.74) is 0. The molecular formula is C23H37N3O9S. The number of nitrogens with zero attached hydrogens (tertiary/aromatic N) is 1. The molecule has 13 heteroatoms. The SMILES string of the molecule is CC(=O)OCC1O[C@@H](NC(=S)N[C@@H]2CCCC[C@H]2N(C)C)C(OC(C)=O)C(OC(C)=O)[C@@H]1OC(C)=O. The fourth-order valence-corrected chi connectivity index (χ4v) is 4.85. The van der Waals surface area contributed by atoms with E-state index >= 15 is 0 Å². The van der Waals surface area contributed by atoms with Crippen molar-refractivity contribution in [2.24, 2.45) is 0 Å². The zero-order chi connectivity index (χ0) is 27.0. The zero-order valence-corrected chi connectivity index (χ0v) is 22.4. The highest BCUT2D eigenvalue weighted by atomic mass is 32.1. The summed E-state index contributed by atoms with van der Waals surface area (Å²) >= 11 is 5.55. The molecule has 1 heterocycles. The van der Waals surface area contributed by atoms with Crippen LogP contribution >= 0.6 is 12.2 Å². The quantitative estimate of drug-likeness (QED) is 0.254. The van der Waals surface area contributed by atoms with Crippen molar-refractivity contribution in [3.63, 3.8) is 0 Å². The second-order valence-corrected chi connectivity index (χ2v) is 9.57. The van der Waals surface area contributed by atoms with Crippen LogP contribution in [-0.2, 0) is 42.9 Å². The molecule has 2 aliphatic rings. The van der Waals surface area contributed by atoms with Gasteiger partial charge in [0.25, 0.3) is 0 Å². The Hall–Kier alpha value is -2.51. The predicted molar refractivity (Wildman–Crippen MR) is 131 cm³/mol. The van der Waals surface area contributed by atoms with E-state index in [0.29, 0.717) is 0 Å². The van der Waals surface area contributed by atoms with Gasteiger partial charge >= 0.3 is 23.9 Å². The third kappa shape index (κ3) is 8.86. The highest BCUT2D eigenvalue weighted by Crippen LogP contribution is 2.28. The van der Waals surface area contributed by atoms with Crippen LogP contribution in [0.4, 0.5) is 0 Å². The Morgan fingerprint density at radius 1 is 0.833 bits per heavy atom. The number of nitrogens with one attached hydrogen (secondary N) is 2. The van der Waals surface area contributed by atoms with E-state index in [0.717, 1.165) is 25.7 Å². The molecule has 0 radical (unpaired) electrons. The van der Waals surface area contributed by atoms with Crippen LogP contribution in [0.2, 0.25) is 0 Å². The van der Waals surface area contributed by atoms with Gasteiger partial charge in [0.05, 0.1) is 0 Å². The van der Waals surface area contributed by atoms with E-state index in [9.17, 15) is 19.2 Å². The van der Waals surface area contributed by atoms with Gasteiger partial charge in [-0.25, -0.2) is 0 Å². The van der Waals surface area contributed by atoms with Crippen LogP contribution in [0.3, 0.4) is 0 Å². The minimum absolute atomic E-state index is 0.0828. The van der Waals surface area contributed by atoms with Crippen LogP contribution in [0.25, 0.3) is 0 Å². The first-order valence-corrected chi connectivity index (χ1v) is 12.3. The number of hydrogen-bond donors (Lipinski definition) is 2. The van der Waals surface area contributed by atoms with Crippen molar-refractivity contribution in [1.82, 2.24) is 15.5 Å². The summed E-state index contributed by atoms with van der Waals surface area (Å²) in [4.78, 5) is 49.3. The van der Waals surface area contributed by atoms with Crippen molar-refractivity contribution in [3.8, 4) is 0 Å². The van der Waals surface area contributed by atoms with Crippen LogP contribution in [0.15, 0.2) is 0 Å². The number of likely N-dealkylation sites (N-methyl/N-ethyl adjacent to an activating group) is 1. The molecule has 1 saturated heterocycles. The van der Waals surface area contributed by atoms with E-state index in [2.05, 4.69) is 15.5 Å². The molecule has 2 N–H and O–H groups in total. The third-order valence-electron chi connectivity index (χ3n) is 5.97. The van der Waals surface area contributed by atoms with Crippen LogP contribution < -0.4 is 10.6 Å². The van der Waals surface area contributed by atoms with Gasteiger partial charge in [-0.1, -0.05) is 12.8 Å². The number of hydrogen-bond acceptors (Lipinski definition) is 11. The molecular weight excluding hydrogens is 494 g/mol. The number of esters is 4. The van der Waals surface area contributed by atoms with Gasteiger partial charge in [-0.05, 0) is 39.2 Å². The fraction of sp³-hybridized carbons (Fsp3) is 0.783. The number of carbonyl (C=O) groups excluding carboxylic acids is 4. The monoisotopic (exact) mass is 531 g/mol. The van der Waals surface area contributed by atoms with Gasteiger partial charge in [0.1, 0.15) is 12.7 Å². The van der Waals surface area contributed by atoms with Crippen LogP contribution in [0.1, 0.15) is 53.4 Å². The summed E-state index contributed by atoms with van der Waals surface area (Å²) in [7, 11) is 4.03. The molecule has 7 atom stereocenters. The Bertz CT molecular complexity index is 825. The zero-order valence-electron chi connectivity index (χ0n) is 21.6. The lowest BCUT2D eigenvalue weighted by Crippen LogP contribution is -2.67. The Labute approximate surface area is 216 Å². The highest BCUT2D eigenvalue weighted by molar-refractivity contribution is 7.80. The average Bonchev–Trinajstić information content (AvgIpc) is 2.75. The molecule has 2 fully saturated rings. The summed E-state index contributed by atoms with van der Waals surface area (Å²) < 4.78 is 27.4. The smallest absolute Gasteiger partial charge is 0.303 e. The number of rotatable bonds is 8. The van der Waals surface area contributed by atoms with Gasteiger partial charge in [0.15, 0.2) is 29.7 Å². The predicted octanol–water partition coefficient (Wildman–Crippen LogP) is 0.406. The molecule has 0 bridgehead atoms. The minimum Gasteiger partial charge on any atom is -0.463 e. The third-order valence-corrected chi connectivity index (χ3v) is 6.21. The number of thiocarbonyl (C=S) groups is 1. The maximum Gasteiger partial charge on any atom is 0.303 e. The lowest BCUT2D eigenvalue weighted by Gasteiger charge is -2.45. The topological polar surface area (TPSA) is 142 Å². The molecule has 0 aromatic rings. The minimum atomic E-state index is -1.26. The van der Waals surface area contributed by atoms with Crippen molar-refractivity contribution in [3.05, 3.63) is 0 Å². The molecule has 1 saturated carbocycles. The van der Waals surface area contributed by atoms with E-state index in [-0.39, 0.29) is 23.8 Å². The Kier molecular flexibility index (Phi) is 11.3. The van der Waals surface area contributed by atoms with Gasteiger partial charge in [-0.3, -0.25) is 19.2 Å². The van der Waals surface area contributed by atoms with Gasteiger partial charge < -0.3 is 39.2 Å². The van der Waals surface area contributed by atoms with E-state index < -0.39 is 54.5 Å². The average molecular weight is 532 g/mol. The van der Waals surface area contributed by atoms with Gasteiger partial charge in [0, 0.05) is 39.8 Å². The first kappa shape index (κ1) is 29.7. The van der Waals surface area contributed by atoms with E-state index in [1.54, 1.807) is 0 Å². The lowest BCUT2D eigenvalue weighted by atomic mass is 9.89. The van der Waals surface area contributed by atoms with Gasteiger partial charge in [-0.15, -0.1) is 0 Å². The summed E-state index contributed by atoms with van der Waals surface area (Å²) in [5, 5.41) is 6.57. The van der Waals surface area contributed by atoms with Crippen LogP contribution in [0, 0.1) is 0 Å². The maximum atomic E-state index is 12.0. The second-order valence-electron chi connectivity index (χ2n) is 9.16. The molecule has 204 valence electrons. The second kappa shape index (κ2) is 13.7. The highest BCUT2D eigenvalue weighted by Gasteiger charge is 2.52. The molecule has 36 heavy (non-hydrogen) atoms. The summed E-state index contributed by atoms with van der Waals surface area (Å²) in [5.74, 6) is -2.64. The molecule has 2 rings (SSSR count). The van der Waals surface area contributed by atoms with Crippen molar-refractivity contribution in [2.75, 3.05) is 20.7 Å². The summed E-state index contributed by atoms with van der Waals surface area (Å²) in [6.45, 7) is 4.44. The Balaban J connectivity index is 2.32. The van der Waals surface area contributed by atoms with Gasteiger partial charge in [-0.2, -0.15) is 0 Å². The van der Waals surface area contributed by atoms with Crippen LogP contribution in [-0.4, -0.2) is 97.3 Å². The normalized spacial score (nSPS) is 30.0. The molecule has 0 aromatic heterocycles. The molecule has 1 aliphatic carbocycles. The molecule has 0 aromatic carbocycles. The summed E-state index contributed by atoms with van der Waals surface area (Å²) in [6.07, 6.45) is -1.72. The molecule has 3 unspecified atom stereocenters. The number of ether oxygens (including phenoxy) is 5. The van der Waals surface area contributed by atoms with Crippen LogP contribution in [0.5, 0.6) is 0 Å². The summed E-state index contributed by atoms with van der Waals surface area (Å²) in [6, 6.07) is 0.355. The Morgan fingerprint density at radius 3 is 1.94 bits per heavy atom. The van der Waals surface area contributed by atoms with E-state index in [1.807, 2.05) is 14.1 Å². The van der Waals surface area contributed by atoms with Crippen molar-refractivity contribution in [1.29, 1.82) is 0 Å². The molecule has 0 spiro atoms. The van der Waals surface area contributed by atoms with Gasteiger partial charge in [0.2, 0.25) is 0 Å². The first-order chi connectivity index (χ1) is 16.9. The first-order valence-electron chi connectivity index (χ1n) is 11.9.